The number of halogens is 1. The summed E-state index contributed by atoms with van der Waals surface area (Å²) in [5.41, 5.74) is 0.366. The molecule has 1 aromatic heterocycles. The zero-order valence-corrected chi connectivity index (χ0v) is 13.0. The Morgan fingerprint density at radius 2 is 2.33 bits per heavy atom. The van der Waals surface area contributed by atoms with Crippen molar-refractivity contribution in [2.75, 3.05) is 31.3 Å². The fraction of sp³-hybridized carbons (Fsp3) is 0.308. The molecule has 0 fully saturated rings. The SMILES string of the molecule is COCCNc1nnc(SCC(=O)c2cccc(F)c2)s1. The van der Waals surface area contributed by atoms with Gasteiger partial charge in [0.05, 0.1) is 12.4 Å². The molecule has 0 bridgehead atoms. The van der Waals surface area contributed by atoms with Crippen molar-refractivity contribution in [3.05, 3.63) is 35.6 Å². The van der Waals surface area contributed by atoms with Crippen molar-refractivity contribution in [2.45, 2.75) is 4.34 Å². The summed E-state index contributed by atoms with van der Waals surface area (Å²) < 4.78 is 18.7. The number of anilines is 1. The Morgan fingerprint density at radius 3 is 3.10 bits per heavy atom. The number of ketones is 1. The number of benzene rings is 1. The van der Waals surface area contributed by atoms with Gasteiger partial charge in [0.2, 0.25) is 5.13 Å². The highest BCUT2D eigenvalue weighted by molar-refractivity contribution is 8.01. The van der Waals surface area contributed by atoms with Crippen LogP contribution in [-0.2, 0) is 4.74 Å². The number of hydrogen-bond donors (Lipinski definition) is 1. The highest BCUT2D eigenvalue weighted by Crippen LogP contribution is 2.26. The van der Waals surface area contributed by atoms with E-state index in [1.807, 2.05) is 0 Å². The first kappa shape index (κ1) is 15.9. The van der Waals surface area contributed by atoms with Gasteiger partial charge in [0.15, 0.2) is 10.1 Å². The first-order valence-corrected chi connectivity index (χ1v) is 7.97. The van der Waals surface area contributed by atoms with Crippen LogP contribution < -0.4 is 5.32 Å². The summed E-state index contributed by atoms with van der Waals surface area (Å²) in [6.45, 7) is 1.23. The summed E-state index contributed by atoms with van der Waals surface area (Å²) in [4.78, 5) is 11.9. The summed E-state index contributed by atoms with van der Waals surface area (Å²) in [7, 11) is 1.63. The van der Waals surface area contributed by atoms with Crippen LogP contribution in [0.25, 0.3) is 0 Å². The van der Waals surface area contributed by atoms with E-state index in [0.29, 0.717) is 28.2 Å². The Labute approximate surface area is 129 Å². The summed E-state index contributed by atoms with van der Waals surface area (Å²) >= 11 is 2.66. The maximum atomic E-state index is 13.0. The van der Waals surface area contributed by atoms with E-state index in [-0.39, 0.29) is 11.5 Å². The molecule has 0 aliphatic rings. The third kappa shape index (κ3) is 5.07. The van der Waals surface area contributed by atoms with Gasteiger partial charge in [-0.05, 0) is 12.1 Å². The predicted molar refractivity (Wildman–Crippen MR) is 81.7 cm³/mol. The number of hydrogen-bond acceptors (Lipinski definition) is 7. The summed E-state index contributed by atoms with van der Waals surface area (Å²) in [6.07, 6.45) is 0. The standard InChI is InChI=1S/C13H14FN3O2S2/c1-19-6-5-15-12-16-17-13(21-12)20-8-11(18)9-3-2-4-10(14)7-9/h2-4,7H,5-6,8H2,1H3,(H,15,16). The number of nitrogens with zero attached hydrogens (tertiary/aromatic N) is 2. The molecule has 0 saturated carbocycles. The number of ether oxygens (including phenoxy) is 1. The van der Waals surface area contributed by atoms with Crippen molar-refractivity contribution in [3.8, 4) is 0 Å². The van der Waals surface area contributed by atoms with Crippen LogP contribution in [0, 0.1) is 5.82 Å². The molecule has 5 nitrogen and oxygen atoms in total. The molecular formula is C13H14FN3O2S2. The van der Waals surface area contributed by atoms with Crippen molar-refractivity contribution in [2.24, 2.45) is 0 Å². The molecule has 1 aromatic carbocycles. The van der Waals surface area contributed by atoms with Crippen LogP contribution in [0.2, 0.25) is 0 Å². The van der Waals surface area contributed by atoms with Gasteiger partial charge in [0, 0.05) is 19.2 Å². The molecule has 2 aromatic rings. The van der Waals surface area contributed by atoms with Crippen molar-refractivity contribution >= 4 is 34.0 Å². The van der Waals surface area contributed by atoms with Crippen molar-refractivity contribution in [1.82, 2.24) is 10.2 Å². The molecule has 2 rings (SSSR count). The van der Waals surface area contributed by atoms with Crippen LogP contribution in [0.4, 0.5) is 9.52 Å². The number of rotatable bonds is 8. The lowest BCUT2D eigenvalue weighted by Gasteiger charge is -1.99. The Bertz CT molecular complexity index is 607. The summed E-state index contributed by atoms with van der Waals surface area (Å²) in [5.74, 6) is -0.342. The van der Waals surface area contributed by atoms with Crippen molar-refractivity contribution in [3.63, 3.8) is 0 Å². The number of carbonyl (C=O) groups excluding carboxylic acids is 1. The average molecular weight is 327 g/mol. The van der Waals surface area contributed by atoms with Gasteiger partial charge in [-0.25, -0.2) is 4.39 Å². The first-order chi connectivity index (χ1) is 10.2. The molecule has 112 valence electrons. The molecule has 0 amide bonds. The predicted octanol–water partition coefficient (Wildman–Crippen LogP) is 2.71. The van der Waals surface area contributed by atoms with E-state index in [1.54, 1.807) is 13.2 Å². The monoisotopic (exact) mass is 327 g/mol. The average Bonchev–Trinajstić information content (AvgIpc) is 2.93. The second kappa shape index (κ2) is 8.06. The minimum absolute atomic E-state index is 0.136. The van der Waals surface area contributed by atoms with Gasteiger partial charge in [-0.2, -0.15) is 0 Å². The second-order valence-corrected chi connectivity index (χ2v) is 6.21. The zero-order chi connectivity index (χ0) is 15.1. The van der Waals surface area contributed by atoms with Crippen LogP contribution in [-0.4, -0.2) is 42.0 Å². The molecule has 1 N–H and O–H groups in total. The summed E-state index contributed by atoms with van der Waals surface area (Å²) in [5, 5.41) is 11.7. The molecule has 0 aliphatic heterocycles. The van der Waals surface area contributed by atoms with Crippen LogP contribution in [0.3, 0.4) is 0 Å². The topological polar surface area (TPSA) is 64.1 Å². The molecule has 0 spiro atoms. The summed E-state index contributed by atoms with van der Waals surface area (Å²) in [6, 6.07) is 5.67. The van der Waals surface area contributed by atoms with Gasteiger partial charge in [-0.3, -0.25) is 4.79 Å². The van der Waals surface area contributed by atoms with Gasteiger partial charge in [-0.15, -0.1) is 10.2 Å². The van der Waals surface area contributed by atoms with E-state index in [9.17, 15) is 9.18 Å². The molecule has 0 radical (unpaired) electrons. The normalized spacial score (nSPS) is 10.6. The Kier molecular flexibility index (Phi) is 6.09. The van der Waals surface area contributed by atoms with Gasteiger partial charge < -0.3 is 10.1 Å². The molecule has 0 aliphatic carbocycles. The van der Waals surface area contributed by atoms with E-state index in [1.165, 1.54) is 41.3 Å². The van der Waals surface area contributed by atoms with Gasteiger partial charge >= 0.3 is 0 Å². The lowest BCUT2D eigenvalue weighted by molar-refractivity contribution is 0.102. The van der Waals surface area contributed by atoms with Gasteiger partial charge in [0.1, 0.15) is 5.82 Å². The fourth-order valence-corrected chi connectivity index (χ4v) is 3.14. The lowest BCUT2D eigenvalue weighted by Crippen LogP contribution is -2.06. The maximum Gasteiger partial charge on any atom is 0.206 e. The highest BCUT2D eigenvalue weighted by atomic mass is 32.2. The van der Waals surface area contributed by atoms with Crippen molar-refractivity contribution in [1.29, 1.82) is 0 Å². The first-order valence-electron chi connectivity index (χ1n) is 6.17. The van der Waals surface area contributed by atoms with E-state index in [4.69, 9.17) is 4.74 Å². The van der Waals surface area contributed by atoms with Crippen LogP contribution >= 0.6 is 23.1 Å². The minimum Gasteiger partial charge on any atom is -0.383 e. The molecule has 1 heterocycles. The smallest absolute Gasteiger partial charge is 0.206 e. The lowest BCUT2D eigenvalue weighted by atomic mass is 10.1. The molecule has 8 heteroatoms. The van der Waals surface area contributed by atoms with E-state index >= 15 is 0 Å². The largest absolute Gasteiger partial charge is 0.383 e. The van der Waals surface area contributed by atoms with E-state index in [0.717, 1.165) is 0 Å². The third-order valence-corrected chi connectivity index (χ3v) is 4.48. The number of aromatic nitrogens is 2. The molecular weight excluding hydrogens is 313 g/mol. The number of carbonyl (C=O) groups is 1. The molecule has 0 atom stereocenters. The number of thioether (sulfide) groups is 1. The van der Waals surface area contributed by atoms with Crippen LogP contribution in [0.15, 0.2) is 28.6 Å². The Hall–Kier alpha value is -1.51. The third-order valence-electron chi connectivity index (χ3n) is 2.46. The molecule has 0 unspecified atom stereocenters. The quantitative estimate of drug-likeness (QED) is 0.457. The second-order valence-electron chi connectivity index (χ2n) is 4.01. The number of Topliss-reactive ketones (excluding diaryl/α,β-unsaturated/α-hetero) is 1. The Balaban J connectivity index is 1.84. The van der Waals surface area contributed by atoms with Crippen LogP contribution in [0.1, 0.15) is 10.4 Å². The molecule has 0 saturated heterocycles. The van der Waals surface area contributed by atoms with Gasteiger partial charge in [0.25, 0.3) is 0 Å². The number of methoxy groups -OCH3 is 1. The van der Waals surface area contributed by atoms with Crippen molar-refractivity contribution < 1.29 is 13.9 Å². The zero-order valence-electron chi connectivity index (χ0n) is 11.3. The molecule has 21 heavy (non-hydrogen) atoms. The minimum atomic E-state index is -0.411. The van der Waals surface area contributed by atoms with E-state index in [2.05, 4.69) is 15.5 Å². The van der Waals surface area contributed by atoms with Crippen LogP contribution in [0.5, 0.6) is 0 Å². The maximum absolute atomic E-state index is 13.0. The fourth-order valence-electron chi connectivity index (χ4n) is 1.47. The highest BCUT2D eigenvalue weighted by Gasteiger charge is 2.10. The van der Waals surface area contributed by atoms with E-state index < -0.39 is 5.82 Å². The Morgan fingerprint density at radius 1 is 1.48 bits per heavy atom. The van der Waals surface area contributed by atoms with Gasteiger partial charge in [-0.1, -0.05) is 35.2 Å². The number of nitrogens with one attached hydrogen (secondary N) is 1.